The fraction of sp³-hybridized carbons (Fsp3) is 0.267. The number of aryl methyl sites for hydroxylation is 1. The Bertz CT molecular complexity index is 761. The molecule has 0 aliphatic rings. The molecule has 0 aliphatic heterocycles. The van der Waals surface area contributed by atoms with Gasteiger partial charge in [-0.15, -0.1) is 0 Å². The third-order valence-corrected chi connectivity index (χ3v) is 4.53. The van der Waals surface area contributed by atoms with Crippen molar-refractivity contribution in [1.82, 2.24) is 9.97 Å². The molecule has 2 N–H and O–H groups in total. The molecular formula is C15H18N4O3S. The van der Waals surface area contributed by atoms with E-state index in [9.17, 15) is 13.2 Å². The number of sulfonamides is 1. The highest BCUT2D eigenvalue weighted by molar-refractivity contribution is 7.92. The second kappa shape index (κ2) is 7.19. The monoisotopic (exact) mass is 334 g/mol. The molecule has 1 aromatic carbocycles. The Morgan fingerprint density at radius 3 is 2.39 bits per heavy atom. The molecule has 1 heterocycles. The highest BCUT2D eigenvalue weighted by Gasteiger charge is 2.22. The Morgan fingerprint density at radius 1 is 1.17 bits per heavy atom. The molecule has 0 saturated heterocycles. The number of nitrogens with zero attached hydrogens (tertiary/aromatic N) is 2. The molecule has 0 aliphatic carbocycles. The highest BCUT2D eigenvalue weighted by atomic mass is 32.2. The number of amides is 1. The zero-order valence-corrected chi connectivity index (χ0v) is 13.7. The minimum Gasteiger partial charge on any atom is -0.294 e. The summed E-state index contributed by atoms with van der Waals surface area (Å²) < 4.78 is 26.7. The van der Waals surface area contributed by atoms with E-state index in [0.29, 0.717) is 5.69 Å². The maximum Gasteiger partial charge on any atom is 0.233 e. The van der Waals surface area contributed by atoms with Gasteiger partial charge in [-0.1, -0.05) is 24.6 Å². The van der Waals surface area contributed by atoms with E-state index in [1.165, 1.54) is 19.3 Å². The molecular weight excluding hydrogens is 316 g/mol. The molecule has 1 unspecified atom stereocenters. The molecule has 1 atom stereocenters. The molecule has 0 radical (unpaired) electrons. The van der Waals surface area contributed by atoms with Gasteiger partial charge >= 0.3 is 0 Å². The van der Waals surface area contributed by atoms with Crippen molar-refractivity contribution in [3.8, 4) is 0 Å². The summed E-state index contributed by atoms with van der Waals surface area (Å²) in [5.74, 6) is -1.39. The Balaban J connectivity index is 1.96. The van der Waals surface area contributed by atoms with Gasteiger partial charge in [-0.25, -0.2) is 18.4 Å². The number of carbonyl (C=O) groups excluding carboxylic acids is 1. The van der Waals surface area contributed by atoms with Crippen molar-refractivity contribution in [2.24, 2.45) is 5.92 Å². The van der Waals surface area contributed by atoms with E-state index in [1.54, 1.807) is 30.3 Å². The van der Waals surface area contributed by atoms with Gasteiger partial charge in [0.25, 0.3) is 0 Å². The number of hydrogen-bond acceptors (Lipinski definition) is 5. The van der Waals surface area contributed by atoms with Crippen molar-refractivity contribution >= 4 is 27.6 Å². The quantitative estimate of drug-likeness (QED) is 0.839. The Morgan fingerprint density at radius 2 is 1.78 bits per heavy atom. The first kappa shape index (κ1) is 16.9. The molecule has 0 bridgehead atoms. The van der Waals surface area contributed by atoms with E-state index in [4.69, 9.17) is 0 Å². The third kappa shape index (κ3) is 5.33. The molecule has 2 aromatic rings. The summed E-state index contributed by atoms with van der Waals surface area (Å²) in [5, 5.41) is 2.48. The number of carbonyl (C=O) groups is 1. The summed E-state index contributed by atoms with van der Waals surface area (Å²) in [6.07, 6.45) is 2.98. The first-order valence-corrected chi connectivity index (χ1v) is 8.66. The Kier molecular flexibility index (Phi) is 5.28. The van der Waals surface area contributed by atoms with Crippen molar-refractivity contribution in [2.45, 2.75) is 13.8 Å². The minimum absolute atomic E-state index is 0.147. The predicted molar refractivity (Wildman–Crippen MR) is 88.4 cm³/mol. The first-order chi connectivity index (χ1) is 10.9. The number of nitrogens with one attached hydrogen (secondary N) is 2. The number of anilines is 2. The Hall–Kier alpha value is -2.48. The van der Waals surface area contributed by atoms with Crippen LogP contribution in [0.4, 0.5) is 11.6 Å². The zero-order chi connectivity index (χ0) is 16.9. The van der Waals surface area contributed by atoms with E-state index >= 15 is 0 Å². The van der Waals surface area contributed by atoms with Crippen molar-refractivity contribution in [1.29, 1.82) is 0 Å². The lowest BCUT2D eigenvalue weighted by Crippen LogP contribution is -2.30. The smallest absolute Gasteiger partial charge is 0.233 e. The third-order valence-electron chi connectivity index (χ3n) is 3.04. The van der Waals surface area contributed by atoms with Crippen LogP contribution < -0.4 is 10.0 Å². The van der Waals surface area contributed by atoms with Crippen LogP contribution in [0.5, 0.6) is 0 Å². The van der Waals surface area contributed by atoms with E-state index in [1.807, 2.05) is 6.92 Å². The van der Waals surface area contributed by atoms with Gasteiger partial charge in [-0.3, -0.25) is 14.8 Å². The van der Waals surface area contributed by atoms with E-state index in [2.05, 4.69) is 20.0 Å². The van der Waals surface area contributed by atoms with Crippen molar-refractivity contribution in [3.05, 3.63) is 48.3 Å². The fourth-order valence-electron chi connectivity index (χ4n) is 1.84. The summed E-state index contributed by atoms with van der Waals surface area (Å²) in [7, 11) is -3.64. The molecule has 2 rings (SSSR count). The highest BCUT2D eigenvalue weighted by Crippen LogP contribution is 2.13. The van der Waals surface area contributed by atoms with Crippen molar-refractivity contribution in [2.75, 3.05) is 15.8 Å². The van der Waals surface area contributed by atoms with Crippen LogP contribution in [0.1, 0.15) is 12.5 Å². The lowest BCUT2D eigenvalue weighted by atomic mass is 10.2. The molecule has 1 aromatic heterocycles. The molecule has 7 nitrogen and oxygen atoms in total. The molecule has 0 fully saturated rings. The number of rotatable bonds is 6. The fourth-order valence-corrected chi connectivity index (χ4v) is 3.23. The SMILES string of the molecule is Cc1ccc(NS(=O)(=O)CC(C)C(=O)Nc2ncccn2)cc1. The second-order valence-electron chi connectivity index (χ2n) is 5.21. The predicted octanol–water partition coefficient (Wildman–Crippen LogP) is 1.80. The second-order valence-corrected chi connectivity index (χ2v) is 6.98. The van der Waals surface area contributed by atoms with Crippen LogP contribution in [0.25, 0.3) is 0 Å². The average Bonchev–Trinajstić information content (AvgIpc) is 2.50. The van der Waals surface area contributed by atoms with Crippen molar-refractivity contribution < 1.29 is 13.2 Å². The summed E-state index contributed by atoms with van der Waals surface area (Å²) >= 11 is 0. The van der Waals surface area contributed by atoms with Gasteiger partial charge in [0, 0.05) is 18.1 Å². The largest absolute Gasteiger partial charge is 0.294 e. The van der Waals surface area contributed by atoms with Gasteiger partial charge in [-0.05, 0) is 25.1 Å². The maximum absolute atomic E-state index is 12.1. The molecule has 1 amide bonds. The molecule has 122 valence electrons. The lowest BCUT2D eigenvalue weighted by Gasteiger charge is -2.13. The van der Waals surface area contributed by atoms with Gasteiger partial charge in [0.2, 0.25) is 21.9 Å². The van der Waals surface area contributed by atoms with Crippen LogP contribution in [-0.4, -0.2) is 30.0 Å². The van der Waals surface area contributed by atoms with E-state index < -0.39 is 21.8 Å². The number of hydrogen-bond donors (Lipinski definition) is 2. The normalized spacial score (nSPS) is 12.4. The molecule has 0 saturated carbocycles. The van der Waals surface area contributed by atoms with E-state index in [-0.39, 0.29) is 11.7 Å². The first-order valence-electron chi connectivity index (χ1n) is 7.01. The van der Waals surface area contributed by atoms with E-state index in [0.717, 1.165) is 5.56 Å². The van der Waals surface area contributed by atoms with Gasteiger partial charge in [0.15, 0.2) is 0 Å². The minimum atomic E-state index is -3.64. The summed E-state index contributed by atoms with van der Waals surface area (Å²) in [4.78, 5) is 19.7. The average molecular weight is 334 g/mol. The summed E-state index contributed by atoms with van der Waals surface area (Å²) in [5.41, 5.74) is 1.50. The summed E-state index contributed by atoms with van der Waals surface area (Å²) in [6, 6.07) is 8.58. The van der Waals surface area contributed by atoms with Crippen LogP contribution in [0.2, 0.25) is 0 Å². The topological polar surface area (TPSA) is 101 Å². The van der Waals surface area contributed by atoms with Gasteiger partial charge in [-0.2, -0.15) is 0 Å². The van der Waals surface area contributed by atoms with Crippen LogP contribution in [0.15, 0.2) is 42.7 Å². The van der Waals surface area contributed by atoms with Gasteiger partial charge in [0.05, 0.1) is 11.7 Å². The van der Waals surface area contributed by atoms with Crippen LogP contribution in [-0.2, 0) is 14.8 Å². The van der Waals surface area contributed by atoms with Crippen LogP contribution in [0, 0.1) is 12.8 Å². The molecule has 23 heavy (non-hydrogen) atoms. The van der Waals surface area contributed by atoms with Gasteiger partial charge in [0.1, 0.15) is 0 Å². The number of benzene rings is 1. The summed E-state index contributed by atoms with van der Waals surface area (Å²) in [6.45, 7) is 3.45. The molecule has 0 spiro atoms. The van der Waals surface area contributed by atoms with Gasteiger partial charge < -0.3 is 0 Å². The lowest BCUT2D eigenvalue weighted by molar-refractivity contribution is -0.118. The van der Waals surface area contributed by atoms with Crippen LogP contribution >= 0.6 is 0 Å². The zero-order valence-electron chi connectivity index (χ0n) is 12.9. The number of aromatic nitrogens is 2. The molecule has 8 heteroatoms. The van der Waals surface area contributed by atoms with Crippen molar-refractivity contribution in [3.63, 3.8) is 0 Å². The standard InChI is InChI=1S/C15H18N4O3S/c1-11-4-6-13(7-5-11)19-23(21,22)10-12(2)14(20)18-15-16-8-3-9-17-15/h3-9,12,19H,10H2,1-2H3,(H,16,17,18,20). The maximum atomic E-state index is 12.1. The Labute approximate surface area is 135 Å². The van der Waals surface area contributed by atoms with Crippen LogP contribution in [0.3, 0.4) is 0 Å².